The zero-order valence-corrected chi connectivity index (χ0v) is 12.3. The summed E-state index contributed by atoms with van der Waals surface area (Å²) in [6.45, 7) is 5.44. The van der Waals surface area contributed by atoms with Gasteiger partial charge in [0.2, 0.25) is 0 Å². The van der Waals surface area contributed by atoms with Crippen LogP contribution in [-0.4, -0.2) is 5.11 Å². The molecule has 0 radical (unpaired) electrons. The number of rotatable bonds is 4. The third-order valence-electron chi connectivity index (χ3n) is 3.65. The fourth-order valence-corrected chi connectivity index (χ4v) is 2.31. The fourth-order valence-electron chi connectivity index (χ4n) is 2.31. The minimum Gasteiger partial charge on any atom is -0.508 e. The van der Waals surface area contributed by atoms with Crippen molar-refractivity contribution in [1.82, 2.24) is 5.32 Å². The largest absolute Gasteiger partial charge is 0.508 e. The van der Waals surface area contributed by atoms with Gasteiger partial charge in [-0.15, -0.1) is 0 Å². The highest BCUT2D eigenvalue weighted by molar-refractivity contribution is 5.35. The molecule has 0 bridgehead atoms. The number of nitrogens with one attached hydrogen (secondary N) is 1. The van der Waals surface area contributed by atoms with Crippen LogP contribution in [0.2, 0.25) is 0 Å². The average Bonchev–Trinajstić information content (AvgIpc) is 2.44. The summed E-state index contributed by atoms with van der Waals surface area (Å²) in [5.41, 5.74) is 1.89. The second kappa shape index (κ2) is 6.22. The van der Waals surface area contributed by atoms with Gasteiger partial charge in [0, 0.05) is 17.6 Å². The molecule has 0 saturated heterocycles. The van der Waals surface area contributed by atoms with Gasteiger partial charge in [-0.2, -0.15) is 0 Å². The van der Waals surface area contributed by atoms with Crippen molar-refractivity contribution in [3.05, 3.63) is 64.7 Å². The quantitative estimate of drug-likeness (QED) is 0.875. The summed E-state index contributed by atoms with van der Waals surface area (Å²) in [7, 11) is 0. The van der Waals surface area contributed by atoms with E-state index < -0.39 is 5.82 Å². The predicted octanol–water partition coefficient (Wildman–Crippen LogP) is 4.39. The van der Waals surface area contributed by atoms with Crippen LogP contribution < -0.4 is 5.32 Å². The normalized spacial score (nSPS) is 14.0. The van der Waals surface area contributed by atoms with E-state index in [-0.39, 0.29) is 23.7 Å². The molecule has 0 saturated carbocycles. The smallest absolute Gasteiger partial charge is 0.126 e. The molecule has 2 aromatic rings. The number of halogens is 2. The molecule has 0 amide bonds. The van der Waals surface area contributed by atoms with Crippen molar-refractivity contribution in [3.63, 3.8) is 0 Å². The van der Waals surface area contributed by atoms with Gasteiger partial charge in [-0.05, 0) is 56.2 Å². The van der Waals surface area contributed by atoms with Crippen LogP contribution in [0.25, 0.3) is 0 Å². The molecule has 112 valence electrons. The van der Waals surface area contributed by atoms with Gasteiger partial charge < -0.3 is 10.4 Å². The predicted molar refractivity (Wildman–Crippen MR) is 79.2 cm³/mol. The van der Waals surface area contributed by atoms with Crippen LogP contribution in [0.1, 0.15) is 42.6 Å². The molecular weight excluding hydrogens is 272 g/mol. The SMILES string of the molecule is Cc1ccc(C(C)NC(C)c2cc(F)ccc2O)cc1F. The van der Waals surface area contributed by atoms with Crippen molar-refractivity contribution in [1.29, 1.82) is 0 Å². The maximum Gasteiger partial charge on any atom is 0.126 e. The Hall–Kier alpha value is -1.94. The molecule has 2 N–H and O–H groups in total. The summed E-state index contributed by atoms with van der Waals surface area (Å²) in [4.78, 5) is 0. The van der Waals surface area contributed by atoms with E-state index in [4.69, 9.17) is 0 Å². The van der Waals surface area contributed by atoms with Crippen LogP contribution in [-0.2, 0) is 0 Å². The van der Waals surface area contributed by atoms with Crippen LogP contribution in [0.4, 0.5) is 8.78 Å². The van der Waals surface area contributed by atoms with Crippen molar-refractivity contribution in [3.8, 4) is 5.75 Å². The number of phenolic OH excluding ortho intramolecular Hbond substituents is 1. The Morgan fingerprint density at radius 2 is 1.71 bits per heavy atom. The molecule has 0 aliphatic rings. The highest BCUT2D eigenvalue weighted by atomic mass is 19.1. The highest BCUT2D eigenvalue weighted by Crippen LogP contribution is 2.27. The Balaban J connectivity index is 2.16. The van der Waals surface area contributed by atoms with E-state index in [0.717, 1.165) is 5.56 Å². The van der Waals surface area contributed by atoms with Crippen LogP contribution in [0.15, 0.2) is 36.4 Å². The van der Waals surface area contributed by atoms with Gasteiger partial charge in [-0.25, -0.2) is 8.78 Å². The van der Waals surface area contributed by atoms with Gasteiger partial charge >= 0.3 is 0 Å². The molecule has 2 rings (SSSR count). The lowest BCUT2D eigenvalue weighted by molar-refractivity contribution is 0.434. The Labute approximate surface area is 123 Å². The fraction of sp³-hybridized carbons (Fsp3) is 0.294. The van der Waals surface area contributed by atoms with Crippen molar-refractivity contribution >= 4 is 0 Å². The molecule has 4 heteroatoms. The summed E-state index contributed by atoms with van der Waals surface area (Å²) < 4.78 is 26.9. The van der Waals surface area contributed by atoms with Gasteiger partial charge in [-0.3, -0.25) is 0 Å². The van der Waals surface area contributed by atoms with Crippen LogP contribution >= 0.6 is 0 Å². The number of benzene rings is 2. The zero-order valence-electron chi connectivity index (χ0n) is 12.3. The number of phenols is 1. The van der Waals surface area contributed by atoms with Crippen LogP contribution in [0.3, 0.4) is 0 Å². The molecule has 21 heavy (non-hydrogen) atoms. The standard InChI is InChI=1S/C17H19F2NO/c1-10-4-5-13(8-16(10)19)11(2)20-12(3)15-9-14(18)6-7-17(15)21/h4-9,11-12,20-21H,1-3H3. The van der Waals surface area contributed by atoms with Gasteiger partial charge in [0.15, 0.2) is 0 Å². The van der Waals surface area contributed by atoms with Crippen LogP contribution in [0.5, 0.6) is 5.75 Å². The number of hydrogen-bond donors (Lipinski definition) is 2. The minimum absolute atomic E-state index is 0.0405. The average molecular weight is 291 g/mol. The molecular formula is C17H19F2NO. The molecule has 2 unspecified atom stereocenters. The first kappa shape index (κ1) is 15.4. The molecule has 0 fully saturated rings. The lowest BCUT2D eigenvalue weighted by Gasteiger charge is -2.21. The van der Waals surface area contributed by atoms with E-state index in [1.165, 1.54) is 24.3 Å². The Bertz CT molecular complexity index is 643. The number of hydrogen-bond acceptors (Lipinski definition) is 2. The molecule has 2 nitrogen and oxygen atoms in total. The molecule has 2 aromatic carbocycles. The zero-order chi connectivity index (χ0) is 15.6. The lowest BCUT2D eigenvalue weighted by Crippen LogP contribution is -2.22. The van der Waals surface area contributed by atoms with Gasteiger partial charge in [-0.1, -0.05) is 12.1 Å². The van der Waals surface area contributed by atoms with Crippen molar-refractivity contribution < 1.29 is 13.9 Å². The summed E-state index contributed by atoms with van der Waals surface area (Å²) in [5.74, 6) is -0.605. The topological polar surface area (TPSA) is 32.3 Å². The van der Waals surface area contributed by atoms with Gasteiger partial charge in [0.25, 0.3) is 0 Å². The first-order valence-electron chi connectivity index (χ1n) is 6.89. The summed E-state index contributed by atoms with van der Waals surface area (Å²) >= 11 is 0. The third kappa shape index (κ3) is 3.58. The van der Waals surface area contributed by atoms with E-state index in [2.05, 4.69) is 5.32 Å². The van der Waals surface area contributed by atoms with Crippen molar-refractivity contribution in [2.24, 2.45) is 0 Å². The van der Waals surface area contributed by atoms with Gasteiger partial charge in [0.1, 0.15) is 17.4 Å². The van der Waals surface area contributed by atoms with Crippen molar-refractivity contribution in [2.45, 2.75) is 32.9 Å². The molecule has 0 aromatic heterocycles. The van der Waals surface area contributed by atoms with E-state index in [0.29, 0.717) is 11.1 Å². The van der Waals surface area contributed by atoms with Crippen LogP contribution in [0, 0.1) is 18.6 Å². The Morgan fingerprint density at radius 1 is 1.00 bits per heavy atom. The molecule has 2 atom stereocenters. The Morgan fingerprint density at radius 3 is 2.38 bits per heavy atom. The maximum atomic E-state index is 13.6. The Kier molecular flexibility index (Phi) is 4.58. The monoisotopic (exact) mass is 291 g/mol. The minimum atomic E-state index is -0.398. The number of aryl methyl sites for hydroxylation is 1. The second-order valence-corrected chi connectivity index (χ2v) is 5.32. The van der Waals surface area contributed by atoms with Crippen molar-refractivity contribution in [2.75, 3.05) is 0 Å². The van der Waals surface area contributed by atoms with E-state index in [1.54, 1.807) is 13.0 Å². The molecule has 0 spiro atoms. The lowest BCUT2D eigenvalue weighted by atomic mass is 10.0. The first-order valence-corrected chi connectivity index (χ1v) is 6.89. The first-order chi connectivity index (χ1) is 9.88. The second-order valence-electron chi connectivity index (χ2n) is 5.32. The molecule has 0 heterocycles. The van der Waals surface area contributed by atoms with Gasteiger partial charge in [0.05, 0.1) is 0 Å². The maximum absolute atomic E-state index is 13.6. The third-order valence-corrected chi connectivity index (χ3v) is 3.65. The summed E-state index contributed by atoms with van der Waals surface area (Å²) in [5, 5.41) is 13.0. The van der Waals surface area contributed by atoms with E-state index in [9.17, 15) is 13.9 Å². The number of aromatic hydroxyl groups is 1. The summed E-state index contributed by atoms with van der Waals surface area (Å²) in [6, 6.07) is 8.53. The molecule has 0 aliphatic carbocycles. The van der Waals surface area contributed by atoms with E-state index >= 15 is 0 Å². The summed E-state index contributed by atoms with van der Waals surface area (Å²) in [6.07, 6.45) is 0. The van der Waals surface area contributed by atoms with E-state index in [1.807, 2.05) is 19.9 Å². The molecule has 0 aliphatic heterocycles. The highest BCUT2D eigenvalue weighted by Gasteiger charge is 2.15.